The molecule has 0 saturated carbocycles. The van der Waals surface area contributed by atoms with Gasteiger partial charge in [0, 0.05) is 6.54 Å². The number of nitrogens with one attached hydrogen (secondary N) is 1. The maximum atomic E-state index is 9.39. The molecule has 0 aromatic carbocycles. The summed E-state index contributed by atoms with van der Waals surface area (Å²) in [5.41, 5.74) is 4.16. The first-order valence-corrected chi connectivity index (χ1v) is 7.50. The molecule has 0 radical (unpaired) electrons. The maximum absolute atomic E-state index is 9.39. The summed E-state index contributed by atoms with van der Waals surface area (Å²) < 4.78 is 0. The van der Waals surface area contributed by atoms with Crippen LogP contribution in [-0.2, 0) is 12.8 Å². The van der Waals surface area contributed by atoms with Gasteiger partial charge in [-0.15, -0.1) is 5.10 Å². The van der Waals surface area contributed by atoms with Gasteiger partial charge in [0.25, 0.3) is 0 Å². The second kappa shape index (κ2) is 7.04. The number of hydrogen-bond acceptors (Lipinski definition) is 4. The smallest absolute Gasteiger partial charge is 0.166 e. The second-order valence-corrected chi connectivity index (χ2v) is 5.10. The summed E-state index contributed by atoms with van der Waals surface area (Å²) in [5.74, 6) is 0.639. The molecule has 1 aliphatic carbocycles. The van der Waals surface area contributed by atoms with Gasteiger partial charge in [-0.2, -0.15) is 10.4 Å². The fourth-order valence-corrected chi connectivity index (χ4v) is 2.72. The molecule has 1 N–H and O–H groups in total. The van der Waals surface area contributed by atoms with Crippen molar-refractivity contribution in [1.29, 1.82) is 5.26 Å². The van der Waals surface area contributed by atoms with Crippen LogP contribution in [0.25, 0.3) is 0 Å². The van der Waals surface area contributed by atoms with Crippen LogP contribution in [0.3, 0.4) is 0 Å². The van der Waals surface area contributed by atoms with Crippen molar-refractivity contribution in [2.24, 2.45) is 0 Å². The Morgan fingerprint density at radius 3 is 2.75 bits per heavy atom. The van der Waals surface area contributed by atoms with E-state index in [1.54, 1.807) is 0 Å². The van der Waals surface area contributed by atoms with Crippen LogP contribution in [0.5, 0.6) is 0 Å². The number of nitriles is 1. The topological polar surface area (TPSA) is 61.6 Å². The summed E-state index contributed by atoms with van der Waals surface area (Å²) >= 11 is 0. The number of hydrogen-bond donors (Lipinski definition) is 1. The quantitative estimate of drug-likeness (QED) is 0.805. The zero-order valence-corrected chi connectivity index (χ0v) is 12.4. The van der Waals surface area contributed by atoms with Crippen molar-refractivity contribution in [1.82, 2.24) is 10.2 Å². The molecule has 0 aliphatic heterocycles. The average Bonchev–Trinajstić information content (AvgIpc) is 2.99. The molecule has 2 rings (SSSR count). The number of rotatable bonds is 6. The van der Waals surface area contributed by atoms with E-state index >= 15 is 0 Å². The highest BCUT2D eigenvalue weighted by Crippen LogP contribution is 2.22. The van der Waals surface area contributed by atoms with Crippen LogP contribution in [0.2, 0.25) is 0 Å². The Balaban J connectivity index is 2.09. The average molecular weight is 270 g/mol. The van der Waals surface area contributed by atoms with E-state index in [-0.39, 0.29) is 0 Å². The molecule has 0 atom stereocenters. The lowest BCUT2D eigenvalue weighted by Crippen LogP contribution is -2.11. The second-order valence-electron chi connectivity index (χ2n) is 5.10. The van der Waals surface area contributed by atoms with Crippen LogP contribution in [0.1, 0.15) is 56.4 Å². The molecule has 106 valence electrons. The van der Waals surface area contributed by atoms with E-state index in [0.29, 0.717) is 11.4 Å². The Morgan fingerprint density at radius 1 is 1.30 bits per heavy atom. The molecule has 4 nitrogen and oxygen atoms in total. The number of aromatic nitrogens is 2. The molecule has 1 aliphatic rings. The molecule has 0 bridgehead atoms. The van der Waals surface area contributed by atoms with Crippen molar-refractivity contribution in [3.8, 4) is 6.07 Å². The minimum atomic E-state index is 0.639. The lowest BCUT2D eigenvalue weighted by atomic mass is 10.0. The Labute approximate surface area is 120 Å². The third kappa shape index (κ3) is 3.16. The molecule has 4 heteroatoms. The number of anilines is 1. The highest BCUT2D eigenvalue weighted by molar-refractivity contribution is 5.56. The van der Waals surface area contributed by atoms with Gasteiger partial charge in [-0.05, 0) is 44.1 Å². The maximum Gasteiger partial charge on any atom is 0.166 e. The molecule has 1 heterocycles. The van der Waals surface area contributed by atoms with Gasteiger partial charge in [0.15, 0.2) is 5.82 Å². The molecular weight excluding hydrogens is 248 g/mol. The summed E-state index contributed by atoms with van der Waals surface area (Å²) in [5, 5.41) is 21.1. The lowest BCUT2D eigenvalue weighted by molar-refractivity contribution is 0.846. The summed E-state index contributed by atoms with van der Waals surface area (Å²) in [7, 11) is 0. The van der Waals surface area contributed by atoms with Gasteiger partial charge >= 0.3 is 0 Å². The molecule has 0 amide bonds. The van der Waals surface area contributed by atoms with Crippen LogP contribution in [0, 0.1) is 11.3 Å². The van der Waals surface area contributed by atoms with Gasteiger partial charge in [-0.25, -0.2) is 0 Å². The Morgan fingerprint density at radius 2 is 2.15 bits per heavy atom. The monoisotopic (exact) mass is 270 g/mol. The third-order valence-electron chi connectivity index (χ3n) is 3.83. The van der Waals surface area contributed by atoms with Crippen molar-refractivity contribution < 1.29 is 0 Å². The first kappa shape index (κ1) is 14.5. The molecule has 0 spiro atoms. The summed E-state index contributed by atoms with van der Waals surface area (Å²) in [6, 6.07) is 2.29. The molecule has 1 aromatic heterocycles. The molecule has 1 aromatic rings. The molecule has 20 heavy (non-hydrogen) atoms. The predicted molar refractivity (Wildman–Crippen MR) is 80.5 cm³/mol. The predicted octanol–water partition coefficient (Wildman–Crippen LogP) is 3.39. The van der Waals surface area contributed by atoms with Crippen molar-refractivity contribution in [3.05, 3.63) is 28.5 Å². The first-order chi connectivity index (χ1) is 9.80. The Hall–Kier alpha value is -1.89. The van der Waals surface area contributed by atoms with Gasteiger partial charge in [-0.1, -0.05) is 25.5 Å². The van der Waals surface area contributed by atoms with Crippen molar-refractivity contribution in [2.75, 3.05) is 11.9 Å². The fourth-order valence-electron chi connectivity index (χ4n) is 2.72. The van der Waals surface area contributed by atoms with Crippen LogP contribution >= 0.6 is 0 Å². The zero-order valence-electron chi connectivity index (χ0n) is 12.4. The number of aryl methyl sites for hydroxylation is 1. The minimum Gasteiger partial charge on any atom is -0.367 e. The highest BCUT2D eigenvalue weighted by Gasteiger charge is 2.14. The largest absolute Gasteiger partial charge is 0.367 e. The van der Waals surface area contributed by atoms with E-state index in [4.69, 9.17) is 0 Å². The first-order valence-electron chi connectivity index (χ1n) is 7.50. The Bertz CT molecular complexity index is 540. The normalized spacial score (nSPS) is 13.9. The van der Waals surface area contributed by atoms with Crippen LogP contribution in [0.4, 0.5) is 5.82 Å². The van der Waals surface area contributed by atoms with Gasteiger partial charge in [0.2, 0.25) is 0 Å². The molecule has 0 fully saturated rings. The zero-order chi connectivity index (χ0) is 14.4. The van der Waals surface area contributed by atoms with Gasteiger partial charge < -0.3 is 5.32 Å². The highest BCUT2D eigenvalue weighted by atomic mass is 15.2. The third-order valence-corrected chi connectivity index (χ3v) is 3.83. The molecular formula is C16H22N4. The van der Waals surface area contributed by atoms with Crippen LogP contribution in [-0.4, -0.2) is 16.7 Å². The lowest BCUT2D eigenvalue weighted by Gasteiger charge is -2.12. The molecule has 0 unspecified atom stereocenters. The Kier molecular flexibility index (Phi) is 5.11. The van der Waals surface area contributed by atoms with Crippen LogP contribution < -0.4 is 5.32 Å². The van der Waals surface area contributed by atoms with E-state index in [1.807, 2.05) is 6.92 Å². The van der Waals surface area contributed by atoms with Gasteiger partial charge in [0.05, 0.1) is 5.69 Å². The SMILES string of the molecule is CCc1nnc(NCCC2=CCCC2)c(C#N)c1CC. The van der Waals surface area contributed by atoms with Gasteiger partial charge in [0.1, 0.15) is 11.6 Å². The van der Waals surface area contributed by atoms with E-state index in [1.165, 1.54) is 24.8 Å². The number of nitrogens with zero attached hydrogens (tertiary/aromatic N) is 3. The van der Waals surface area contributed by atoms with E-state index in [0.717, 1.165) is 37.1 Å². The van der Waals surface area contributed by atoms with Gasteiger partial charge in [-0.3, -0.25) is 0 Å². The minimum absolute atomic E-state index is 0.639. The van der Waals surface area contributed by atoms with E-state index < -0.39 is 0 Å². The fraction of sp³-hybridized carbons (Fsp3) is 0.562. The van der Waals surface area contributed by atoms with E-state index in [2.05, 4.69) is 34.6 Å². The summed E-state index contributed by atoms with van der Waals surface area (Å²) in [6.07, 6.45) is 8.71. The molecule has 0 saturated heterocycles. The van der Waals surface area contributed by atoms with Crippen molar-refractivity contribution in [2.45, 2.75) is 52.4 Å². The van der Waals surface area contributed by atoms with Crippen LogP contribution in [0.15, 0.2) is 11.6 Å². The summed E-state index contributed by atoms with van der Waals surface area (Å²) in [4.78, 5) is 0. The van der Waals surface area contributed by atoms with Crippen molar-refractivity contribution >= 4 is 5.82 Å². The summed E-state index contributed by atoms with van der Waals surface area (Å²) in [6.45, 7) is 4.93. The standard InChI is InChI=1S/C16H22N4/c1-3-13-14(11-17)16(20-19-15(13)4-2)18-10-9-12-7-5-6-8-12/h7H,3-6,8-10H2,1-2H3,(H,18,20). The number of allylic oxidation sites excluding steroid dienone is 1. The van der Waals surface area contributed by atoms with Crippen molar-refractivity contribution in [3.63, 3.8) is 0 Å². The van der Waals surface area contributed by atoms with E-state index in [9.17, 15) is 5.26 Å².